The molecule has 0 amide bonds. The zero-order valence-electron chi connectivity index (χ0n) is 9.46. The van der Waals surface area contributed by atoms with Crippen LogP contribution in [0.25, 0.3) is 0 Å². The Balaban J connectivity index is 2.26. The summed E-state index contributed by atoms with van der Waals surface area (Å²) in [4.78, 5) is 0.479. The largest absolute Gasteiger partial charge is 0.324 e. The Kier molecular flexibility index (Phi) is 3.39. The van der Waals surface area contributed by atoms with E-state index in [1.54, 1.807) is 19.2 Å². The van der Waals surface area contributed by atoms with E-state index in [1.165, 1.54) is 22.5 Å². The van der Waals surface area contributed by atoms with Gasteiger partial charge in [0.05, 0.1) is 4.90 Å². The van der Waals surface area contributed by atoms with Gasteiger partial charge in [0.25, 0.3) is 0 Å². The Morgan fingerprint density at radius 3 is 2.76 bits per heavy atom. The third-order valence-corrected chi connectivity index (χ3v) is 3.34. The van der Waals surface area contributed by atoms with Gasteiger partial charge in [0.15, 0.2) is 0 Å². The molecule has 0 saturated carbocycles. The molecule has 2 N–H and O–H groups in total. The fourth-order valence-electron chi connectivity index (χ4n) is 1.29. The van der Waals surface area contributed by atoms with Gasteiger partial charge >= 0.3 is 0 Å². The lowest BCUT2D eigenvalue weighted by atomic mass is 10.1. The average molecular weight is 253 g/mol. The van der Waals surface area contributed by atoms with E-state index in [9.17, 15) is 4.39 Å². The van der Waals surface area contributed by atoms with Crippen LogP contribution < -0.4 is 5.73 Å². The molecule has 0 bridgehead atoms. The summed E-state index contributed by atoms with van der Waals surface area (Å²) in [5, 5.41) is 11.5. The van der Waals surface area contributed by atoms with Gasteiger partial charge in [-0.15, -0.1) is 5.10 Å². The number of hydrogen-bond acceptors (Lipinski definition) is 5. The van der Waals surface area contributed by atoms with Crippen LogP contribution in [0.1, 0.15) is 18.5 Å². The Labute approximate surface area is 102 Å². The molecule has 7 heteroatoms. The van der Waals surface area contributed by atoms with Gasteiger partial charge in [-0.2, -0.15) is 0 Å². The summed E-state index contributed by atoms with van der Waals surface area (Å²) < 4.78 is 15.3. The van der Waals surface area contributed by atoms with E-state index in [2.05, 4.69) is 15.5 Å². The molecule has 0 radical (unpaired) electrons. The highest BCUT2D eigenvalue weighted by Crippen LogP contribution is 2.28. The number of benzene rings is 1. The van der Waals surface area contributed by atoms with Crippen LogP contribution in [-0.2, 0) is 7.05 Å². The molecule has 0 unspecified atom stereocenters. The molecule has 0 fully saturated rings. The van der Waals surface area contributed by atoms with Gasteiger partial charge in [0.1, 0.15) is 5.82 Å². The lowest BCUT2D eigenvalue weighted by molar-refractivity contribution is 0.595. The van der Waals surface area contributed by atoms with Crippen LogP contribution in [0, 0.1) is 5.82 Å². The fourth-order valence-corrected chi connectivity index (χ4v) is 2.02. The topological polar surface area (TPSA) is 69.6 Å². The summed E-state index contributed by atoms with van der Waals surface area (Å²) in [7, 11) is 1.70. The van der Waals surface area contributed by atoms with E-state index in [-0.39, 0.29) is 11.9 Å². The Morgan fingerprint density at radius 1 is 1.47 bits per heavy atom. The second kappa shape index (κ2) is 4.80. The predicted molar refractivity (Wildman–Crippen MR) is 61.9 cm³/mol. The van der Waals surface area contributed by atoms with Crippen molar-refractivity contribution in [2.45, 2.75) is 23.0 Å². The molecule has 2 aromatic rings. The van der Waals surface area contributed by atoms with Crippen molar-refractivity contribution in [3.63, 3.8) is 0 Å². The normalized spacial score (nSPS) is 12.7. The Morgan fingerprint density at radius 2 is 2.24 bits per heavy atom. The van der Waals surface area contributed by atoms with Crippen LogP contribution in [0.2, 0.25) is 0 Å². The van der Waals surface area contributed by atoms with Crippen molar-refractivity contribution < 1.29 is 4.39 Å². The van der Waals surface area contributed by atoms with Crippen molar-refractivity contribution in [3.05, 3.63) is 29.6 Å². The molecule has 0 aliphatic rings. The standard InChI is InChI=1S/C10H12FN5S/c1-6(12)7-3-4-9(8(11)5-7)17-10-13-14-15-16(10)2/h3-6H,12H2,1-2H3/t6-/m0/s1. The van der Waals surface area contributed by atoms with Crippen LogP contribution >= 0.6 is 11.8 Å². The fraction of sp³-hybridized carbons (Fsp3) is 0.300. The Bertz CT molecular complexity index is 525. The highest BCUT2D eigenvalue weighted by molar-refractivity contribution is 7.99. The van der Waals surface area contributed by atoms with Gasteiger partial charge in [0.2, 0.25) is 5.16 Å². The lowest BCUT2D eigenvalue weighted by Crippen LogP contribution is -2.05. The molecule has 1 atom stereocenters. The van der Waals surface area contributed by atoms with Gasteiger partial charge in [-0.1, -0.05) is 6.07 Å². The minimum atomic E-state index is -0.312. The molecule has 1 aromatic heterocycles. The van der Waals surface area contributed by atoms with Crippen LogP contribution in [0.5, 0.6) is 0 Å². The van der Waals surface area contributed by atoms with E-state index in [0.29, 0.717) is 10.1 Å². The second-order valence-electron chi connectivity index (χ2n) is 3.67. The summed E-state index contributed by atoms with van der Waals surface area (Å²) in [5.74, 6) is -0.312. The first-order valence-electron chi connectivity index (χ1n) is 5.03. The van der Waals surface area contributed by atoms with Crippen LogP contribution in [0.4, 0.5) is 4.39 Å². The summed E-state index contributed by atoms with van der Waals surface area (Å²) in [6, 6.07) is 4.75. The predicted octanol–water partition coefficient (Wildman–Crippen LogP) is 1.52. The van der Waals surface area contributed by atoms with Gasteiger partial charge in [-0.25, -0.2) is 9.07 Å². The highest BCUT2D eigenvalue weighted by Gasteiger charge is 2.11. The van der Waals surface area contributed by atoms with E-state index >= 15 is 0 Å². The first-order chi connectivity index (χ1) is 8.08. The maximum Gasteiger partial charge on any atom is 0.213 e. The highest BCUT2D eigenvalue weighted by atomic mass is 32.2. The summed E-state index contributed by atoms with van der Waals surface area (Å²) in [6.07, 6.45) is 0. The first kappa shape index (κ1) is 12.0. The number of aryl methyl sites for hydroxylation is 1. The molecular formula is C10H12FN5S. The second-order valence-corrected chi connectivity index (χ2v) is 4.67. The monoisotopic (exact) mass is 253 g/mol. The van der Waals surface area contributed by atoms with E-state index < -0.39 is 0 Å². The van der Waals surface area contributed by atoms with Gasteiger partial charge in [-0.05, 0) is 46.8 Å². The Hall–Kier alpha value is -1.47. The summed E-state index contributed by atoms with van der Waals surface area (Å²) in [5.41, 5.74) is 6.45. The number of aromatic nitrogens is 4. The van der Waals surface area contributed by atoms with Gasteiger partial charge < -0.3 is 5.73 Å². The van der Waals surface area contributed by atoms with Crippen molar-refractivity contribution in [3.8, 4) is 0 Å². The van der Waals surface area contributed by atoms with Crippen molar-refractivity contribution in [2.75, 3.05) is 0 Å². The van der Waals surface area contributed by atoms with Crippen LogP contribution in [0.3, 0.4) is 0 Å². The van der Waals surface area contributed by atoms with E-state index in [4.69, 9.17) is 5.73 Å². The molecule has 17 heavy (non-hydrogen) atoms. The minimum Gasteiger partial charge on any atom is -0.324 e. The third kappa shape index (κ3) is 2.62. The average Bonchev–Trinajstić information content (AvgIpc) is 2.67. The van der Waals surface area contributed by atoms with Crippen molar-refractivity contribution in [2.24, 2.45) is 12.8 Å². The molecule has 0 aliphatic carbocycles. The summed E-state index contributed by atoms with van der Waals surface area (Å²) >= 11 is 1.18. The van der Waals surface area contributed by atoms with E-state index in [0.717, 1.165) is 5.56 Å². The number of rotatable bonds is 3. The zero-order chi connectivity index (χ0) is 12.4. The number of nitrogens with two attached hydrogens (primary N) is 1. The van der Waals surface area contributed by atoms with Gasteiger partial charge in [0, 0.05) is 13.1 Å². The quantitative estimate of drug-likeness (QED) is 0.898. The van der Waals surface area contributed by atoms with Gasteiger partial charge in [-0.3, -0.25) is 0 Å². The zero-order valence-corrected chi connectivity index (χ0v) is 10.3. The molecule has 0 saturated heterocycles. The minimum absolute atomic E-state index is 0.181. The molecule has 1 heterocycles. The number of tetrazole rings is 1. The third-order valence-electron chi connectivity index (χ3n) is 2.26. The maximum absolute atomic E-state index is 13.8. The van der Waals surface area contributed by atoms with Crippen molar-refractivity contribution >= 4 is 11.8 Å². The molecule has 5 nitrogen and oxygen atoms in total. The molecule has 90 valence electrons. The number of hydrogen-bond donors (Lipinski definition) is 1. The summed E-state index contributed by atoms with van der Waals surface area (Å²) in [6.45, 7) is 1.81. The molecular weight excluding hydrogens is 241 g/mol. The lowest BCUT2D eigenvalue weighted by Gasteiger charge is -2.07. The molecule has 2 rings (SSSR count). The maximum atomic E-state index is 13.8. The van der Waals surface area contributed by atoms with Crippen LogP contribution in [0.15, 0.2) is 28.3 Å². The molecule has 1 aromatic carbocycles. The first-order valence-corrected chi connectivity index (χ1v) is 5.85. The number of halogens is 1. The van der Waals surface area contributed by atoms with Crippen LogP contribution in [-0.4, -0.2) is 20.2 Å². The van der Waals surface area contributed by atoms with E-state index in [1.807, 2.05) is 6.92 Å². The molecule has 0 spiro atoms. The van der Waals surface area contributed by atoms with Crippen molar-refractivity contribution in [1.82, 2.24) is 20.2 Å². The van der Waals surface area contributed by atoms with Crippen molar-refractivity contribution in [1.29, 1.82) is 0 Å². The molecule has 0 aliphatic heterocycles. The SMILES string of the molecule is C[C@H](N)c1ccc(Sc2nnnn2C)c(F)c1. The number of nitrogens with zero attached hydrogens (tertiary/aromatic N) is 4. The smallest absolute Gasteiger partial charge is 0.213 e.